The molecule has 128 heavy (non-hydrogen) atoms. The summed E-state index contributed by atoms with van der Waals surface area (Å²) in [6.45, 7) is 19.5. The molecule has 0 spiro atoms. The predicted octanol–water partition coefficient (Wildman–Crippen LogP) is 15.8. The molecule has 2 N–H and O–H groups in total. The van der Waals surface area contributed by atoms with E-state index in [-0.39, 0.29) is 64.3 Å². The number of aromatic amines is 1. The number of pyridine rings is 1. The van der Waals surface area contributed by atoms with Gasteiger partial charge in [-0.3, -0.25) is 43.8 Å². The zero-order chi connectivity index (χ0) is 88.4. The molecule has 4 fully saturated rings. The van der Waals surface area contributed by atoms with Crippen LogP contribution < -0.4 is 18.9 Å². The second-order valence-corrected chi connectivity index (χ2v) is 33.8. The number of carbonyl (C=O) groups is 7. The number of halogens is 2. The first-order valence-electron chi connectivity index (χ1n) is 41.1. The Kier molecular flexibility index (Phi) is 37.4. The Hall–Kier alpha value is -10.5. The van der Waals surface area contributed by atoms with Gasteiger partial charge in [0.1, 0.15) is 59.4 Å². The van der Waals surface area contributed by atoms with Gasteiger partial charge >= 0.3 is 17.9 Å². The largest absolute Gasteiger partial charge is 0.497 e. The fraction of sp³-hybridized carbons (Fsp3) is 0.319. The Balaban J connectivity index is 0.000000154. The van der Waals surface area contributed by atoms with Crippen molar-refractivity contribution in [3.05, 3.63) is 253 Å². The summed E-state index contributed by atoms with van der Waals surface area (Å²) in [7, 11) is 9.09. The van der Waals surface area contributed by atoms with Gasteiger partial charge in [-0.2, -0.15) is 0 Å². The van der Waals surface area contributed by atoms with Gasteiger partial charge in [0.05, 0.1) is 121 Å². The van der Waals surface area contributed by atoms with Crippen LogP contribution in [0.5, 0.6) is 23.0 Å². The molecule has 5 aromatic carbocycles. The molecule has 0 aliphatic carbocycles. The molecule has 0 saturated carbocycles. The maximum Gasteiger partial charge on any atom is 0.354 e. The molecule has 27 nitrogen and oxygen atoms in total. The molecule has 4 aliphatic heterocycles. The minimum absolute atomic E-state index is 0. The number of ether oxygens (including phenoxy) is 10. The van der Waals surface area contributed by atoms with E-state index in [1.54, 1.807) is 137 Å². The number of fused-ring (bicyclic) bond motifs is 5. The number of nitrogens with one attached hydrogen (secondary N) is 1. The van der Waals surface area contributed by atoms with Crippen LogP contribution in [0.25, 0.3) is 51.8 Å². The van der Waals surface area contributed by atoms with E-state index in [9.17, 15) is 38.7 Å². The van der Waals surface area contributed by atoms with Crippen LogP contribution >= 0.6 is 69.4 Å². The molecule has 679 valence electrons. The number of hydrogen-bond acceptors (Lipinski definition) is 26. The van der Waals surface area contributed by atoms with E-state index in [0.29, 0.717) is 91.8 Å². The third kappa shape index (κ3) is 25.8. The second kappa shape index (κ2) is 48.8. The molecule has 0 bridgehead atoms. The summed E-state index contributed by atoms with van der Waals surface area (Å²) < 4.78 is 57.5. The Morgan fingerprint density at radius 1 is 0.398 bits per heavy atom. The van der Waals surface area contributed by atoms with Gasteiger partial charge in [0.2, 0.25) is 23.1 Å². The number of carboxylic acids is 1. The number of carboxylic acid groups (broad SMARTS) is 1. The minimum Gasteiger partial charge on any atom is -0.497 e. The van der Waals surface area contributed by atoms with E-state index in [1.807, 2.05) is 82.1 Å². The van der Waals surface area contributed by atoms with Gasteiger partial charge in [-0.15, -0.1) is 69.4 Å². The van der Waals surface area contributed by atoms with E-state index in [4.69, 9.17) is 54.2 Å². The number of morpholine rings is 4. The summed E-state index contributed by atoms with van der Waals surface area (Å²) in [5.74, 6) is 1.73. The third-order valence-electron chi connectivity index (χ3n) is 21.5. The number of hydrogen-bond donors (Lipinski definition) is 2. The summed E-state index contributed by atoms with van der Waals surface area (Å²) >= 11 is 11.2. The minimum atomic E-state index is -0.960. The molecular weight excluding hydrogens is 1810 g/mol. The second-order valence-electron chi connectivity index (χ2n) is 29.3. The molecule has 4 aliphatic rings. The molecule has 1 radical (unpaired) electrons. The number of alkyl halides is 1. The first-order valence-corrected chi connectivity index (χ1v) is 44.9. The number of ketones is 4. The number of thiophene rings is 4. The molecule has 0 unspecified atom stereocenters. The van der Waals surface area contributed by atoms with Gasteiger partial charge in [0.25, 0.3) is 0 Å². The standard InChI is InChI=1S/C22H24N2O5S.C21H22N2O5S.C20H22N2O3S.C16H13NO4S.C9H7N.C6H12ClNO.ClH.Cu/c1-27-17-5-3-15(4-6-17)20(25)19-14-16-13-18(22(26)28-2)24(21(16)30-19)8-7-23-9-11-29-12-10-23;1-27-16-4-2-14(3-5-16)19(24)18-13-15-12-17(21(25)26)23(20(15)29-18)7-6-22-8-10-28-11-9-22;1-24-17-4-2-15(3-5-17)19(23)18-14-16-6-7-22(20(16)26-18)9-8-21-10-12-25-13-11-21;1-20-11-5-3-9(4-6-11)14(18)13-8-10-7-12(16(19)21-2)17-15(10)22-13;1-2-6-9-8(4-1)5-3-7-10-9;7-1-2-8-3-5-9-6-4-8;;/h3-6,13-14H,7-12H2,1-2H3;2-5,12-13H,6-11H2,1H3,(H,25,26);2-7,14H,8-13H2,1H3;3-8,17H,1-2H3;1-7H;1-6H2;1H;. The number of nitrogens with zero attached hydrogens (tertiary/aromatic N) is 8. The first-order chi connectivity index (χ1) is 61.4. The van der Waals surface area contributed by atoms with Crippen molar-refractivity contribution in [1.82, 2.24) is 43.3 Å². The number of esters is 2. The van der Waals surface area contributed by atoms with Crippen LogP contribution in [-0.2, 0) is 65.1 Å². The van der Waals surface area contributed by atoms with Crippen LogP contribution in [-0.4, -0.2) is 269 Å². The average Bonchev–Trinajstić information content (AvgIpc) is 1.62. The number of H-pyrrole nitrogens is 1. The average molecular weight is 1910 g/mol. The van der Waals surface area contributed by atoms with Crippen molar-refractivity contribution in [2.24, 2.45) is 0 Å². The Bertz CT molecular complexity index is 5880. The summed E-state index contributed by atoms with van der Waals surface area (Å²) in [5.41, 5.74) is 4.67. The van der Waals surface area contributed by atoms with Crippen molar-refractivity contribution < 1.29 is 103 Å². The fourth-order valence-corrected chi connectivity index (χ4v) is 19.1. The molecule has 18 rings (SSSR count). The van der Waals surface area contributed by atoms with Crippen LogP contribution in [0, 0.1) is 0 Å². The van der Waals surface area contributed by atoms with E-state index in [1.165, 1.54) is 53.6 Å². The van der Waals surface area contributed by atoms with Gasteiger partial charge in [0.15, 0.2) is 0 Å². The van der Waals surface area contributed by atoms with Gasteiger partial charge in [0, 0.05) is 183 Å². The summed E-state index contributed by atoms with van der Waals surface area (Å²) in [6.07, 6.45) is 3.92. The summed E-state index contributed by atoms with van der Waals surface area (Å²) in [4.78, 5) is 109. The smallest absolute Gasteiger partial charge is 0.354 e. The van der Waals surface area contributed by atoms with Gasteiger partial charge in [-0.1, -0.05) is 24.3 Å². The molecule has 0 amide bonds. The SMILES string of the molecule is COC(=O)c1cc2cc(C(=O)c3ccc(OC)cc3)sc2[nH]1.COC(=O)c1cc2cc(C(=O)c3ccc(OC)cc3)sc2n1CCN1CCOCC1.COc1ccc(C(=O)c2cc3cc(C(=O)O)n(CCN4CCOCC4)c3s2)cc1.COc1ccc(C(=O)c2cc3ccn(CCN4CCOCC4)c3s2)cc1.Cl.ClCCN1CCOCC1.[Cu].c1ccc2ncccc2c1. The van der Waals surface area contributed by atoms with Crippen molar-refractivity contribution >= 4 is 162 Å². The number of para-hydroxylation sites is 1. The summed E-state index contributed by atoms with van der Waals surface area (Å²) in [5, 5.41) is 14.4. The van der Waals surface area contributed by atoms with Crippen LogP contribution in [0.3, 0.4) is 0 Å². The van der Waals surface area contributed by atoms with E-state index >= 15 is 0 Å². The maximum atomic E-state index is 13.0. The molecule has 4 saturated heterocycles. The topological polar surface area (TPSA) is 288 Å². The van der Waals surface area contributed by atoms with Crippen LogP contribution in [0.4, 0.5) is 0 Å². The molecule has 14 aromatic rings. The number of benzene rings is 5. The van der Waals surface area contributed by atoms with Crippen molar-refractivity contribution in [3.8, 4) is 23.0 Å². The number of aromatic carboxylic acids is 1. The summed E-state index contributed by atoms with van der Waals surface area (Å²) in [6, 6.07) is 55.0. The van der Waals surface area contributed by atoms with Crippen molar-refractivity contribution in [3.63, 3.8) is 0 Å². The quantitative estimate of drug-likeness (QED) is 0.0220. The molecule has 9 aromatic heterocycles. The van der Waals surface area contributed by atoms with Crippen molar-refractivity contribution in [1.29, 1.82) is 0 Å². The molecule has 0 atom stereocenters. The normalized spacial score (nSPS) is 14.1. The van der Waals surface area contributed by atoms with Gasteiger partial charge in [-0.05, 0) is 158 Å². The third-order valence-corrected chi connectivity index (χ3v) is 26.2. The number of methoxy groups -OCH3 is 6. The Morgan fingerprint density at radius 3 is 1.16 bits per heavy atom. The zero-order valence-corrected chi connectivity index (χ0v) is 77.4. The zero-order valence-electron chi connectivity index (χ0n) is 71.6. The monoisotopic (exact) mass is 1900 g/mol. The van der Waals surface area contributed by atoms with Gasteiger partial charge in [-0.25, -0.2) is 14.4 Å². The Morgan fingerprint density at radius 2 is 0.766 bits per heavy atom. The number of carbonyl (C=O) groups excluding carboxylic acids is 6. The fourth-order valence-electron chi connectivity index (χ4n) is 14.4. The van der Waals surface area contributed by atoms with E-state index < -0.39 is 11.9 Å². The molecule has 34 heteroatoms. The number of rotatable bonds is 26. The molecule has 13 heterocycles. The maximum absolute atomic E-state index is 13.0. The van der Waals surface area contributed by atoms with Crippen LogP contribution in [0.1, 0.15) is 92.4 Å². The van der Waals surface area contributed by atoms with Gasteiger partial charge < -0.3 is 71.2 Å². The first kappa shape index (κ1) is 98.1. The van der Waals surface area contributed by atoms with Crippen LogP contribution in [0.2, 0.25) is 0 Å². The van der Waals surface area contributed by atoms with E-state index in [0.717, 1.165) is 188 Å². The molecular formula is C94H101Cl2CuN9O18S4. The van der Waals surface area contributed by atoms with Crippen molar-refractivity contribution in [2.45, 2.75) is 19.6 Å². The van der Waals surface area contributed by atoms with E-state index in [2.05, 4.69) is 63.3 Å². The van der Waals surface area contributed by atoms with Crippen LogP contribution in [0.15, 0.2) is 194 Å². The number of aromatic nitrogens is 5. The predicted molar refractivity (Wildman–Crippen MR) is 500 cm³/mol. The Labute approximate surface area is 778 Å². The van der Waals surface area contributed by atoms with Crippen molar-refractivity contribution in [2.75, 3.05) is 180 Å².